The van der Waals surface area contributed by atoms with Crippen LogP contribution >= 0.6 is 0 Å². The molecule has 2 heterocycles. The zero-order valence-corrected chi connectivity index (χ0v) is 16.1. The van der Waals surface area contributed by atoms with Gasteiger partial charge < -0.3 is 15.2 Å². The van der Waals surface area contributed by atoms with Crippen LogP contribution in [0.4, 0.5) is 0 Å². The van der Waals surface area contributed by atoms with Gasteiger partial charge >= 0.3 is 5.97 Å². The number of carbonyl (C=O) groups is 1. The number of nitrogens with zero attached hydrogens (tertiary/aromatic N) is 1. The van der Waals surface area contributed by atoms with Gasteiger partial charge in [-0.2, -0.15) is 0 Å². The number of carboxylic acid groups (broad SMARTS) is 1. The smallest absolute Gasteiger partial charge is 0.306 e. The van der Waals surface area contributed by atoms with Crippen LogP contribution in [-0.4, -0.2) is 47.8 Å². The van der Waals surface area contributed by atoms with Crippen LogP contribution in [0.25, 0.3) is 0 Å². The first-order valence-corrected chi connectivity index (χ1v) is 10.0. The second-order valence-corrected chi connectivity index (χ2v) is 7.65. The van der Waals surface area contributed by atoms with E-state index in [0.717, 1.165) is 49.4 Å². The minimum absolute atomic E-state index is 0.148. The maximum atomic E-state index is 11.0. The monoisotopic (exact) mass is 378 g/mol. The van der Waals surface area contributed by atoms with Crippen LogP contribution < -0.4 is 10.1 Å². The quantitative estimate of drug-likeness (QED) is 0.789. The summed E-state index contributed by atoms with van der Waals surface area (Å²) in [5.41, 5.74) is 3.29. The first-order chi connectivity index (χ1) is 13.6. The van der Waals surface area contributed by atoms with Gasteiger partial charge in [-0.1, -0.05) is 12.0 Å². The highest BCUT2D eigenvalue weighted by Gasteiger charge is 2.40. The minimum Gasteiger partial charge on any atom is -0.494 e. The summed E-state index contributed by atoms with van der Waals surface area (Å²) in [6.45, 7) is 4.56. The van der Waals surface area contributed by atoms with Crippen LogP contribution in [0.15, 0.2) is 47.7 Å². The van der Waals surface area contributed by atoms with Gasteiger partial charge in [0.25, 0.3) is 0 Å². The van der Waals surface area contributed by atoms with Crippen molar-refractivity contribution in [2.24, 2.45) is 5.92 Å². The number of piperidine rings is 1. The highest BCUT2D eigenvalue weighted by molar-refractivity contribution is 5.71. The predicted octanol–water partition coefficient (Wildman–Crippen LogP) is 2.79. The van der Waals surface area contributed by atoms with E-state index in [1.54, 1.807) is 0 Å². The summed E-state index contributed by atoms with van der Waals surface area (Å²) >= 11 is 0. The fraction of sp³-hybridized carbons (Fsp3) is 0.435. The molecular weight excluding hydrogens is 352 g/mol. The number of hydrogen-bond donors (Lipinski definition) is 2. The largest absolute Gasteiger partial charge is 0.494 e. The SMILES string of the molecule is CCOc1ccc(C#CC2=CC=C3CN(C4CC(C(=O)O)C4)CCC3N2)cc1. The van der Waals surface area contributed by atoms with Crippen molar-refractivity contribution in [3.63, 3.8) is 0 Å². The van der Waals surface area contributed by atoms with Crippen molar-refractivity contribution in [3.8, 4) is 17.6 Å². The fourth-order valence-electron chi connectivity index (χ4n) is 4.08. The van der Waals surface area contributed by atoms with Gasteiger partial charge in [-0.3, -0.25) is 9.69 Å². The maximum absolute atomic E-state index is 11.0. The van der Waals surface area contributed by atoms with E-state index in [1.165, 1.54) is 5.57 Å². The van der Waals surface area contributed by atoms with E-state index < -0.39 is 5.97 Å². The molecule has 1 saturated carbocycles. The Morgan fingerprint density at radius 3 is 2.75 bits per heavy atom. The van der Waals surface area contributed by atoms with Crippen molar-refractivity contribution >= 4 is 5.97 Å². The Bertz CT molecular complexity index is 854. The van der Waals surface area contributed by atoms with Crippen LogP contribution in [0.2, 0.25) is 0 Å². The molecule has 1 aromatic rings. The molecule has 1 aromatic carbocycles. The summed E-state index contributed by atoms with van der Waals surface area (Å²) in [5, 5.41) is 12.6. The van der Waals surface area contributed by atoms with Gasteiger partial charge in [0.1, 0.15) is 5.75 Å². The summed E-state index contributed by atoms with van der Waals surface area (Å²) in [6, 6.07) is 8.60. The first-order valence-electron chi connectivity index (χ1n) is 10.0. The van der Waals surface area contributed by atoms with E-state index in [2.05, 4.69) is 34.2 Å². The summed E-state index contributed by atoms with van der Waals surface area (Å²) in [7, 11) is 0. The van der Waals surface area contributed by atoms with Crippen molar-refractivity contribution in [1.29, 1.82) is 0 Å². The number of fused-ring (bicyclic) bond motifs is 1. The molecule has 146 valence electrons. The van der Waals surface area contributed by atoms with Gasteiger partial charge in [-0.25, -0.2) is 0 Å². The summed E-state index contributed by atoms with van der Waals surface area (Å²) in [6.07, 6.45) is 6.84. The van der Waals surface area contributed by atoms with E-state index in [0.29, 0.717) is 18.7 Å². The van der Waals surface area contributed by atoms with Crippen LogP contribution in [0.3, 0.4) is 0 Å². The van der Waals surface area contributed by atoms with Gasteiger partial charge in [0.2, 0.25) is 0 Å². The van der Waals surface area contributed by atoms with Gasteiger partial charge in [0, 0.05) is 24.7 Å². The molecule has 1 saturated heterocycles. The number of dihydropyridines is 1. The number of ether oxygens (including phenoxy) is 1. The standard InChI is InChI=1S/C23H26N2O3/c1-2-28-21-9-4-16(5-10-21)3-7-19-8-6-17-15-25(12-11-22(17)24-19)20-13-18(14-20)23(26)27/h4-6,8-10,18,20,22,24H,2,11-15H2,1H3,(H,26,27). The Labute approximate surface area is 166 Å². The molecule has 0 bridgehead atoms. The van der Waals surface area contributed by atoms with Gasteiger partial charge in [-0.15, -0.1) is 0 Å². The summed E-state index contributed by atoms with van der Waals surface area (Å²) in [5.74, 6) is 6.51. The molecule has 4 rings (SSSR count). The van der Waals surface area contributed by atoms with Crippen LogP contribution in [0, 0.1) is 17.8 Å². The Morgan fingerprint density at radius 2 is 2.04 bits per heavy atom. The maximum Gasteiger partial charge on any atom is 0.306 e. The average Bonchev–Trinajstić information content (AvgIpc) is 2.66. The second kappa shape index (κ2) is 8.12. The van der Waals surface area contributed by atoms with Gasteiger partial charge in [0.05, 0.1) is 24.3 Å². The lowest BCUT2D eigenvalue weighted by Crippen LogP contribution is -2.53. The minimum atomic E-state index is -0.650. The number of allylic oxidation sites excluding steroid dienone is 3. The van der Waals surface area contributed by atoms with Crippen molar-refractivity contribution in [2.45, 2.75) is 38.3 Å². The number of hydrogen-bond acceptors (Lipinski definition) is 4. The second-order valence-electron chi connectivity index (χ2n) is 7.65. The molecule has 0 radical (unpaired) electrons. The highest BCUT2D eigenvalue weighted by Crippen LogP contribution is 2.34. The predicted molar refractivity (Wildman–Crippen MR) is 108 cm³/mol. The van der Waals surface area contributed by atoms with Gasteiger partial charge in [-0.05, 0) is 68.0 Å². The Kier molecular flexibility index (Phi) is 5.40. The lowest BCUT2D eigenvalue weighted by molar-refractivity contribution is -0.147. The number of carboxylic acids is 1. The molecule has 0 amide bonds. The number of nitrogens with one attached hydrogen (secondary N) is 1. The Balaban J connectivity index is 1.36. The van der Waals surface area contributed by atoms with E-state index in [9.17, 15) is 4.79 Å². The molecule has 1 unspecified atom stereocenters. The molecule has 2 aliphatic heterocycles. The van der Waals surface area contributed by atoms with Crippen LogP contribution in [0.5, 0.6) is 5.75 Å². The zero-order chi connectivity index (χ0) is 19.5. The average molecular weight is 378 g/mol. The molecule has 5 nitrogen and oxygen atoms in total. The number of likely N-dealkylation sites (tertiary alicyclic amines) is 1. The molecule has 5 heteroatoms. The Morgan fingerprint density at radius 1 is 1.25 bits per heavy atom. The molecule has 2 fully saturated rings. The molecule has 0 spiro atoms. The van der Waals surface area contributed by atoms with E-state index >= 15 is 0 Å². The molecule has 3 aliphatic rings. The number of rotatable bonds is 4. The molecular formula is C23H26N2O3. The first kappa shape index (κ1) is 18.6. The molecule has 1 atom stereocenters. The summed E-state index contributed by atoms with van der Waals surface area (Å²) < 4.78 is 5.46. The third-order valence-electron chi connectivity index (χ3n) is 5.82. The normalized spacial score (nSPS) is 26.4. The number of benzene rings is 1. The van der Waals surface area contributed by atoms with Crippen LogP contribution in [-0.2, 0) is 4.79 Å². The topological polar surface area (TPSA) is 61.8 Å². The molecule has 28 heavy (non-hydrogen) atoms. The summed E-state index contributed by atoms with van der Waals surface area (Å²) in [4.78, 5) is 13.5. The van der Waals surface area contributed by atoms with Crippen molar-refractivity contribution < 1.29 is 14.6 Å². The van der Waals surface area contributed by atoms with E-state index in [4.69, 9.17) is 9.84 Å². The molecule has 0 aromatic heterocycles. The molecule has 1 aliphatic carbocycles. The van der Waals surface area contributed by atoms with Crippen molar-refractivity contribution in [3.05, 3.63) is 53.3 Å². The third kappa shape index (κ3) is 4.07. The Hall–Kier alpha value is -2.71. The lowest BCUT2D eigenvalue weighted by Gasteiger charge is -2.46. The fourth-order valence-corrected chi connectivity index (χ4v) is 4.08. The van der Waals surface area contributed by atoms with Crippen molar-refractivity contribution in [2.75, 3.05) is 19.7 Å². The highest BCUT2D eigenvalue weighted by atomic mass is 16.5. The van der Waals surface area contributed by atoms with E-state index in [-0.39, 0.29) is 5.92 Å². The number of aliphatic carboxylic acids is 1. The zero-order valence-electron chi connectivity index (χ0n) is 16.1. The van der Waals surface area contributed by atoms with Crippen LogP contribution in [0.1, 0.15) is 31.7 Å². The van der Waals surface area contributed by atoms with Crippen molar-refractivity contribution in [1.82, 2.24) is 10.2 Å². The third-order valence-corrected chi connectivity index (χ3v) is 5.82. The lowest BCUT2D eigenvalue weighted by atomic mass is 9.78. The molecule has 2 N–H and O–H groups in total. The van der Waals surface area contributed by atoms with E-state index in [1.807, 2.05) is 31.2 Å². The van der Waals surface area contributed by atoms with Gasteiger partial charge in [0.15, 0.2) is 0 Å².